The fourth-order valence-electron chi connectivity index (χ4n) is 7.61. The first-order chi connectivity index (χ1) is 15.1. The van der Waals surface area contributed by atoms with E-state index in [4.69, 9.17) is 4.74 Å². The molecule has 1 heterocycles. The fraction of sp³-hybridized carbons (Fsp3) is 0.800. The Bertz CT molecular complexity index is 912. The zero-order valence-corrected chi connectivity index (χ0v) is 20.5. The molecule has 178 valence electrons. The van der Waals surface area contributed by atoms with Gasteiger partial charge in [0, 0.05) is 24.7 Å². The van der Waals surface area contributed by atoms with Crippen molar-refractivity contribution in [2.45, 2.75) is 76.5 Å². The second-order valence-corrected chi connectivity index (χ2v) is 13.7. The molecule has 1 aliphatic heterocycles. The summed E-state index contributed by atoms with van der Waals surface area (Å²) in [5, 5.41) is 3.33. The van der Waals surface area contributed by atoms with Crippen LogP contribution in [0.15, 0.2) is 23.3 Å². The highest BCUT2D eigenvalue weighted by Crippen LogP contribution is 2.61. The van der Waals surface area contributed by atoms with Crippen LogP contribution in [0, 0.1) is 23.2 Å². The molecule has 0 aromatic carbocycles. The van der Waals surface area contributed by atoms with Gasteiger partial charge in [-0.3, -0.25) is 4.79 Å². The Balaban J connectivity index is 1.35. The van der Waals surface area contributed by atoms with Gasteiger partial charge in [0.15, 0.2) is 0 Å². The Labute approximate surface area is 192 Å². The summed E-state index contributed by atoms with van der Waals surface area (Å²) in [5.74, 6) is 2.41. The van der Waals surface area contributed by atoms with Gasteiger partial charge in [-0.15, -0.1) is 0 Å². The predicted octanol–water partition coefficient (Wildman–Crippen LogP) is 3.40. The molecule has 32 heavy (non-hydrogen) atoms. The summed E-state index contributed by atoms with van der Waals surface area (Å²) >= 11 is 0. The summed E-state index contributed by atoms with van der Waals surface area (Å²) in [4.78, 5) is 13.4. The summed E-state index contributed by atoms with van der Waals surface area (Å²) in [6.07, 6.45) is 12.0. The van der Waals surface area contributed by atoms with Gasteiger partial charge in [-0.05, 0) is 95.0 Å². The third-order valence-electron chi connectivity index (χ3n) is 9.35. The van der Waals surface area contributed by atoms with Gasteiger partial charge in [0.05, 0.1) is 13.2 Å². The maximum Gasteiger partial charge on any atom is 0.247 e. The van der Waals surface area contributed by atoms with Crippen molar-refractivity contribution in [3.8, 4) is 0 Å². The molecule has 5 fully saturated rings. The quantitative estimate of drug-likeness (QED) is 0.636. The first-order valence-electron chi connectivity index (χ1n) is 12.4. The smallest absolute Gasteiger partial charge is 0.247 e. The zero-order chi connectivity index (χ0) is 22.7. The average Bonchev–Trinajstić information content (AvgIpc) is 2.75. The largest absolute Gasteiger partial charge is 0.379 e. The standard InChI is InChI=1S/C25H38N2O4S/c1-17-4-5-22(16-24(17,3)32(29,30)27-6-8-31-9-7-27)23(28)26-18(2)25-13-19-10-20(14-25)12-21(11-19)15-25/h4,16,18-21H,5-15H2,1-3H3,(H,26,28). The predicted molar refractivity (Wildman–Crippen MR) is 124 cm³/mol. The Morgan fingerprint density at radius 2 is 1.69 bits per heavy atom. The number of ether oxygens (including phenoxy) is 1. The van der Waals surface area contributed by atoms with Crippen LogP contribution in [0.5, 0.6) is 0 Å². The summed E-state index contributed by atoms with van der Waals surface area (Å²) < 4.78 is 32.8. The van der Waals surface area contributed by atoms with Gasteiger partial charge < -0.3 is 10.1 Å². The fourth-order valence-corrected chi connectivity index (χ4v) is 9.56. The maximum absolute atomic E-state index is 13.5. The normalized spacial score (nSPS) is 40.5. The average molecular weight is 463 g/mol. The van der Waals surface area contributed by atoms with Crippen molar-refractivity contribution in [3.05, 3.63) is 23.3 Å². The lowest BCUT2D eigenvalue weighted by Crippen LogP contribution is -2.56. The lowest BCUT2D eigenvalue weighted by atomic mass is 9.48. The minimum atomic E-state index is -3.64. The highest BCUT2D eigenvalue weighted by atomic mass is 32.2. The number of hydrogen-bond acceptors (Lipinski definition) is 4. The van der Waals surface area contributed by atoms with Gasteiger partial charge in [-0.1, -0.05) is 11.6 Å². The molecule has 0 aromatic rings. The molecule has 6 aliphatic rings. The van der Waals surface area contributed by atoms with Crippen molar-refractivity contribution in [1.29, 1.82) is 0 Å². The molecule has 5 aliphatic carbocycles. The van der Waals surface area contributed by atoms with Crippen LogP contribution in [0.3, 0.4) is 0 Å². The molecule has 7 heteroatoms. The number of carbonyl (C=O) groups excluding carboxylic acids is 1. The van der Waals surface area contributed by atoms with Gasteiger partial charge >= 0.3 is 0 Å². The first-order valence-corrected chi connectivity index (χ1v) is 13.8. The van der Waals surface area contributed by atoms with E-state index in [1.165, 1.54) is 42.8 Å². The van der Waals surface area contributed by atoms with Gasteiger partial charge in [0.25, 0.3) is 0 Å². The van der Waals surface area contributed by atoms with Crippen LogP contribution < -0.4 is 5.32 Å². The number of sulfonamides is 1. The van der Waals surface area contributed by atoms with Crippen molar-refractivity contribution in [1.82, 2.24) is 9.62 Å². The van der Waals surface area contributed by atoms with E-state index in [2.05, 4.69) is 12.2 Å². The molecule has 0 aromatic heterocycles. The molecule has 1 saturated heterocycles. The minimum Gasteiger partial charge on any atom is -0.379 e. The number of nitrogens with zero attached hydrogens (tertiary/aromatic N) is 1. The summed E-state index contributed by atoms with van der Waals surface area (Å²) in [7, 11) is -3.64. The van der Waals surface area contributed by atoms with Crippen LogP contribution in [0.1, 0.15) is 65.7 Å². The van der Waals surface area contributed by atoms with Gasteiger partial charge in [-0.25, -0.2) is 8.42 Å². The van der Waals surface area contributed by atoms with Gasteiger partial charge in [0.2, 0.25) is 15.9 Å². The van der Waals surface area contributed by atoms with Crippen LogP contribution in [0.4, 0.5) is 0 Å². The maximum atomic E-state index is 13.5. The number of nitrogens with one attached hydrogen (secondary N) is 1. The SMILES string of the molecule is CC1=CCC(C(=O)NC(C)C23CC4CC(CC(C4)C2)C3)=CC1(C)S(=O)(=O)N1CCOCC1. The molecule has 6 rings (SSSR count). The molecule has 1 amide bonds. The van der Waals surface area contributed by atoms with Gasteiger partial charge in [-0.2, -0.15) is 4.31 Å². The topological polar surface area (TPSA) is 75.7 Å². The Kier molecular flexibility index (Phi) is 5.62. The summed E-state index contributed by atoms with van der Waals surface area (Å²) in [6.45, 7) is 7.33. The molecule has 2 unspecified atom stereocenters. The number of rotatable bonds is 5. The first kappa shape index (κ1) is 22.6. The third kappa shape index (κ3) is 3.59. The number of allylic oxidation sites excluding steroid dienone is 1. The van der Waals surface area contributed by atoms with Crippen molar-refractivity contribution in [3.63, 3.8) is 0 Å². The monoisotopic (exact) mass is 462 g/mol. The van der Waals surface area contributed by atoms with Crippen LogP contribution >= 0.6 is 0 Å². The Morgan fingerprint density at radius 3 is 2.25 bits per heavy atom. The molecule has 0 radical (unpaired) electrons. The number of carbonyl (C=O) groups is 1. The van der Waals surface area contributed by atoms with E-state index in [1.54, 1.807) is 13.0 Å². The van der Waals surface area contributed by atoms with E-state index in [0.29, 0.717) is 38.3 Å². The number of amides is 1. The van der Waals surface area contributed by atoms with Crippen LogP contribution in [-0.4, -0.2) is 55.7 Å². The van der Waals surface area contributed by atoms with Gasteiger partial charge in [0.1, 0.15) is 4.75 Å². The molecular formula is C25H38N2O4S. The number of hydrogen-bond donors (Lipinski definition) is 1. The molecule has 6 nitrogen and oxygen atoms in total. The van der Waals surface area contributed by atoms with Crippen LogP contribution in [0.25, 0.3) is 0 Å². The van der Waals surface area contributed by atoms with E-state index < -0.39 is 14.8 Å². The summed E-state index contributed by atoms with van der Waals surface area (Å²) in [6, 6.07) is 0.124. The minimum absolute atomic E-state index is 0.0969. The zero-order valence-electron chi connectivity index (χ0n) is 19.7. The van der Waals surface area contributed by atoms with E-state index in [9.17, 15) is 13.2 Å². The molecule has 1 N–H and O–H groups in total. The highest BCUT2D eigenvalue weighted by Gasteiger charge is 2.53. The lowest BCUT2D eigenvalue weighted by Gasteiger charge is -2.59. The van der Waals surface area contributed by atoms with E-state index in [1.807, 2.05) is 13.0 Å². The van der Waals surface area contributed by atoms with Crippen molar-refractivity contribution in [2.75, 3.05) is 26.3 Å². The third-order valence-corrected chi connectivity index (χ3v) is 11.9. The lowest BCUT2D eigenvalue weighted by molar-refractivity contribution is -0.122. The second-order valence-electron chi connectivity index (χ2n) is 11.4. The van der Waals surface area contributed by atoms with E-state index >= 15 is 0 Å². The highest BCUT2D eigenvalue weighted by molar-refractivity contribution is 7.90. The molecule has 0 spiro atoms. The van der Waals surface area contributed by atoms with Crippen molar-refractivity contribution in [2.24, 2.45) is 23.2 Å². The molecule has 2 atom stereocenters. The van der Waals surface area contributed by atoms with Crippen LogP contribution in [0.2, 0.25) is 0 Å². The molecular weight excluding hydrogens is 424 g/mol. The van der Waals surface area contributed by atoms with Crippen molar-refractivity contribution >= 4 is 15.9 Å². The van der Waals surface area contributed by atoms with E-state index in [0.717, 1.165) is 23.3 Å². The van der Waals surface area contributed by atoms with Crippen LogP contribution in [-0.2, 0) is 19.6 Å². The number of morpholine rings is 1. The van der Waals surface area contributed by atoms with Crippen molar-refractivity contribution < 1.29 is 17.9 Å². The molecule has 4 saturated carbocycles. The molecule has 4 bridgehead atoms. The second kappa shape index (κ2) is 7.95. The Morgan fingerprint density at radius 1 is 1.12 bits per heavy atom. The van der Waals surface area contributed by atoms with E-state index in [-0.39, 0.29) is 17.4 Å². The summed E-state index contributed by atoms with van der Waals surface area (Å²) in [5.41, 5.74) is 1.59. The Hall–Kier alpha value is -1.18.